The summed E-state index contributed by atoms with van der Waals surface area (Å²) in [6.07, 6.45) is 8.42. The van der Waals surface area contributed by atoms with Gasteiger partial charge < -0.3 is 0 Å². The van der Waals surface area contributed by atoms with Gasteiger partial charge in [-0.05, 0) is 24.5 Å². The molecule has 2 aliphatic carbocycles. The van der Waals surface area contributed by atoms with Crippen LogP contribution in [0.3, 0.4) is 0 Å². The van der Waals surface area contributed by atoms with Crippen molar-refractivity contribution in [2.45, 2.75) is 18.1 Å². The van der Waals surface area contributed by atoms with Crippen LogP contribution in [0.15, 0.2) is 12.2 Å². The van der Waals surface area contributed by atoms with Crippen LogP contribution in [0.1, 0.15) is 12.8 Å². The van der Waals surface area contributed by atoms with Gasteiger partial charge in [-0.2, -0.15) is 11.8 Å². The molecule has 2 heteroatoms. The number of carbonyl (C=O) groups excluding carboxylic acids is 1. The second kappa shape index (κ2) is 2.67. The van der Waals surface area contributed by atoms with E-state index in [1.165, 1.54) is 0 Å². The van der Waals surface area contributed by atoms with E-state index >= 15 is 0 Å². The van der Waals surface area contributed by atoms with E-state index < -0.39 is 0 Å². The highest BCUT2D eigenvalue weighted by Gasteiger charge is 2.41. The summed E-state index contributed by atoms with van der Waals surface area (Å²) in [4.78, 5) is 11.4. The van der Waals surface area contributed by atoms with Crippen molar-refractivity contribution < 1.29 is 4.79 Å². The highest BCUT2D eigenvalue weighted by Crippen LogP contribution is 2.42. The maximum Gasteiger partial charge on any atom is 0.146 e. The first-order chi connectivity index (χ1) is 5.33. The van der Waals surface area contributed by atoms with Crippen molar-refractivity contribution in [3.8, 4) is 0 Å². The van der Waals surface area contributed by atoms with E-state index in [1.54, 1.807) is 11.8 Å². The van der Waals surface area contributed by atoms with Crippen molar-refractivity contribution in [3.05, 3.63) is 12.2 Å². The zero-order chi connectivity index (χ0) is 7.84. The highest BCUT2D eigenvalue weighted by atomic mass is 32.2. The molecule has 1 nitrogen and oxygen atoms in total. The van der Waals surface area contributed by atoms with Crippen LogP contribution in [0, 0.1) is 11.8 Å². The van der Waals surface area contributed by atoms with E-state index in [1.807, 2.05) is 6.26 Å². The van der Waals surface area contributed by atoms with Crippen molar-refractivity contribution in [3.63, 3.8) is 0 Å². The summed E-state index contributed by atoms with van der Waals surface area (Å²) in [5.74, 6) is 1.69. The SMILES string of the molecule is CS[C@H]1C(=O)C[C@@H]2C=CC[C@@H]21. The third-order valence-corrected chi connectivity index (χ3v) is 3.86. The van der Waals surface area contributed by atoms with E-state index in [9.17, 15) is 4.79 Å². The zero-order valence-corrected chi connectivity index (χ0v) is 7.43. The quantitative estimate of drug-likeness (QED) is 0.556. The molecule has 0 amide bonds. The number of Topliss-reactive ketones (excluding diaryl/α,β-unsaturated/α-hetero) is 1. The average Bonchev–Trinajstić information content (AvgIpc) is 2.46. The number of carbonyl (C=O) groups is 1. The molecule has 0 bridgehead atoms. The van der Waals surface area contributed by atoms with Gasteiger partial charge in [0.05, 0.1) is 5.25 Å². The van der Waals surface area contributed by atoms with Crippen LogP contribution >= 0.6 is 11.8 Å². The molecule has 0 aromatic heterocycles. The normalized spacial score (nSPS) is 41.5. The molecule has 3 atom stereocenters. The second-order valence-corrected chi connectivity index (χ2v) is 4.30. The summed E-state index contributed by atoms with van der Waals surface area (Å²) in [7, 11) is 0. The topological polar surface area (TPSA) is 17.1 Å². The highest BCUT2D eigenvalue weighted by molar-refractivity contribution is 8.00. The molecule has 0 aromatic carbocycles. The third kappa shape index (κ3) is 1.04. The van der Waals surface area contributed by atoms with E-state index in [2.05, 4.69) is 12.2 Å². The third-order valence-electron chi connectivity index (χ3n) is 2.74. The van der Waals surface area contributed by atoms with Crippen LogP contribution in [0.25, 0.3) is 0 Å². The minimum absolute atomic E-state index is 0.301. The first-order valence-corrected chi connectivity index (χ1v) is 5.34. The maximum atomic E-state index is 11.4. The lowest BCUT2D eigenvalue weighted by atomic mass is 10.0. The number of fused-ring (bicyclic) bond motifs is 1. The van der Waals surface area contributed by atoms with Gasteiger partial charge in [-0.25, -0.2) is 0 Å². The average molecular weight is 168 g/mol. The van der Waals surface area contributed by atoms with Crippen LogP contribution in [-0.2, 0) is 4.79 Å². The Labute approximate surface area is 71.2 Å². The molecule has 0 saturated heterocycles. The molecule has 0 unspecified atom stereocenters. The summed E-state index contributed by atoms with van der Waals surface area (Å²) >= 11 is 1.73. The molecule has 0 aliphatic heterocycles. The monoisotopic (exact) mass is 168 g/mol. The second-order valence-electron chi connectivity index (χ2n) is 3.32. The van der Waals surface area contributed by atoms with Gasteiger partial charge in [0.15, 0.2) is 0 Å². The first kappa shape index (κ1) is 7.41. The Morgan fingerprint density at radius 3 is 3.18 bits per heavy atom. The van der Waals surface area contributed by atoms with Crippen molar-refractivity contribution >= 4 is 17.5 Å². The smallest absolute Gasteiger partial charge is 0.146 e. The Balaban J connectivity index is 2.17. The van der Waals surface area contributed by atoms with E-state index in [0.29, 0.717) is 22.9 Å². The molecule has 1 fully saturated rings. The Bertz CT molecular complexity index is 210. The van der Waals surface area contributed by atoms with Crippen LogP contribution in [0.4, 0.5) is 0 Å². The Kier molecular flexibility index (Phi) is 1.80. The number of thioether (sulfide) groups is 1. The predicted molar refractivity (Wildman–Crippen MR) is 47.7 cm³/mol. The molecule has 2 aliphatic rings. The fourth-order valence-corrected chi connectivity index (χ4v) is 3.21. The summed E-state index contributed by atoms with van der Waals surface area (Å²) in [5, 5.41) is 0.301. The standard InChI is InChI=1S/C9H12OS/c1-11-9-7-4-2-3-6(7)5-8(9)10/h2-3,6-7,9H,4-5H2,1H3/t6-,7-,9+/m0/s1. The molecule has 1 saturated carbocycles. The number of allylic oxidation sites excluding steroid dienone is 2. The largest absolute Gasteiger partial charge is 0.298 e. The van der Waals surface area contributed by atoms with Gasteiger partial charge in [0.1, 0.15) is 5.78 Å². The number of hydrogen-bond donors (Lipinski definition) is 0. The van der Waals surface area contributed by atoms with Gasteiger partial charge in [-0.3, -0.25) is 4.79 Å². The first-order valence-electron chi connectivity index (χ1n) is 4.05. The number of rotatable bonds is 1. The van der Waals surface area contributed by atoms with Crippen LogP contribution < -0.4 is 0 Å². The summed E-state index contributed by atoms with van der Waals surface area (Å²) in [5.41, 5.74) is 0. The van der Waals surface area contributed by atoms with Gasteiger partial charge in [0.2, 0.25) is 0 Å². The fourth-order valence-electron chi connectivity index (χ4n) is 2.19. The minimum Gasteiger partial charge on any atom is -0.298 e. The Morgan fingerprint density at radius 1 is 1.64 bits per heavy atom. The molecule has 2 rings (SSSR count). The minimum atomic E-state index is 0.301. The number of hydrogen-bond acceptors (Lipinski definition) is 2. The van der Waals surface area contributed by atoms with Gasteiger partial charge >= 0.3 is 0 Å². The van der Waals surface area contributed by atoms with Gasteiger partial charge in [0, 0.05) is 6.42 Å². The van der Waals surface area contributed by atoms with Crippen molar-refractivity contribution in [2.75, 3.05) is 6.26 Å². The van der Waals surface area contributed by atoms with Crippen LogP contribution in [0.5, 0.6) is 0 Å². The zero-order valence-electron chi connectivity index (χ0n) is 6.62. The lowest BCUT2D eigenvalue weighted by Crippen LogP contribution is -2.16. The molecule has 0 heterocycles. The molecular formula is C9H12OS. The fraction of sp³-hybridized carbons (Fsp3) is 0.667. The van der Waals surface area contributed by atoms with Gasteiger partial charge in [0.25, 0.3) is 0 Å². The van der Waals surface area contributed by atoms with Gasteiger partial charge in [-0.1, -0.05) is 12.2 Å². The molecule has 0 radical (unpaired) electrons. The van der Waals surface area contributed by atoms with Crippen LogP contribution in [-0.4, -0.2) is 17.3 Å². The van der Waals surface area contributed by atoms with Gasteiger partial charge in [-0.15, -0.1) is 0 Å². The molecule has 60 valence electrons. The molecule has 0 aromatic rings. The molecule has 0 N–H and O–H groups in total. The van der Waals surface area contributed by atoms with E-state index in [4.69, 9.17) is 0 Å². The van der Waals surface area contributed by atoms with E-state index in [0.717, 1.165) is 12.8 Å². The lowest BCUT2D eigenvalue weighted by molar-refractivity contribution is -0.117. The van der Waals surface area contributed by atoms with Crippen molar-refractivity contribution in [2.24, 2.45) is 11.8 Å². The Hall–Kier alpha value is -0.240. The van der Waals surface area contributed by atoms with Crippen molar-refractivity contribution in [1.82, 2.24) is 0 Å². The Morgan fingerprint density at radius 2 is 2.45 bits per heavy atom. The predicted octanol–water partition coefficient (Wildman–Crippen LogP) is 1.88. The summed E-state index contributed by atoms with van der Waals surface area (Å²) in [6, 6.07) is 0. The maximum absolute atomic E-state index is 11.4. The molecular weight excluding hydrogens is 156 g/mol. The summed E-state index contributed by atoms with van der Waals surface area (Å²) in [6.45, 7) is 0. The molecule has 0 spiro atoms. The van der Waals surface area contributed by atoms with Crippen molar-refractivity contribution in [1.29, 1.82) is 0 Å². The molecule has 11 heavy (non-hydrogen) atoms. The van der Waals surface area contributed by atoms with E-state index in [-0.39, 0.29) is 0 Å². The number of ketones is 1. The lowest BCUT2D eigenvalue weighted by Gasteiger charge is -2.13. The summed E-state index contributed by atoms with van der Waals surface area (Å²) < 4.78 is 0. The van der Waals surface area contributed by atoms with Crippen LogP contribution in [0.2, 0.25) is 0 Å².